The third-order valence-electron chi connectivity index (χ3n) is 2.54. The number of hydrogen-bond acceptors (Lipinski definition) is 4. The number of carbonyl (C=O) groups is 2. The van der Waals surface area contributed by atoms with E-state index in [9.17, 15) is 9.59 Å². The molecule has 0 radical (unpaired) electrons. The highest BCUT2D eigenvalue weighted by molar-refractivity contribution is 6.37. The molecule has 1 heterocycles. The summed E-state index contributed by atoms with van der Waals surface area (Å²) < 4.78 is 10.4. The number of fused-ring (bicyclic) bond motifs is 1. The number of carboxylic acid groups (broad SMARTS) is 1. The van der Waals surface area contributed by atoms with Gasteiger partial charge in [0.2, 0.25) is 0 Å². The Kier molecular flexibility index (Phi) is 2.63. The number of benzene rings is 1. The first-order chi connectivity index (χ1) is 8.04. The van der Waals surface area contributed by atoms with Crippen LogP contribution < -0.4 is 14.4 Å². The summed E-state index contributed by atoms with van der Waals surface area (Å²) in [4.78, 5) is 23.1. The Bertz CT molecular complexity index is 497. The average molecular weight is 237 g/mol. The number of nitrogens with zero attached hydrogens (tertiary/aromatic N) is 1. The molecule has 1 aromatic carbocycles. The third-order valence-corrected chi connectivity index (χ3v) is 2.54. The number of ether oxygens (including phenoxy) is 2. The first kappa shape index (κ1) is 11.3. The fourth-order valence-corrected chi connectivity index (χ4v) is 1.68. The number of aryl methyl sites for hydroxylation is 1. The minimum Gasteiger partial charge on any atom is -0.496 e. The van der Waals surface area contributed by atoms with Crippen molar-refractivity contribution in [3.8, 4) is 11.5 Å². The Balaban J connectivity index is 2.44. The lowest BCUT2D eigenvalue weighted by Crippen LogP contribution is -2.35. The summed E-state index contributed by atoms with van der Waals surface area (Å²) in [5.41, 5.74) is 1.27. The molecule has 1 amide bonds. The van der Waals surface area contributed by atoms with Crippen LogP contribution in [0.5, 0.6) is 11.5 Å². The van der Waals surface area contributed by atoms with Crippen LogP contribution in [0.1, 0.15) is 5.56 Å². The van der Waals surface area contributed by atoms with E-state index in [1.165, 1.54) is 7.11 Å². The zero-order chi connectivity index (χ0) is 12.6. The van der Waals surface area contributed by atoms with Crippen molar-refractivity contribution in [1.82, 2.24) is 0 Å². The summed E-state index contributed by atoms with van der Waals surface area (Å²) in [7, 11) is 1.51. The zero-order valence-electron chi connectivity index (χ0n) is 9.39. The molecule has 0 saturated carbocycles. The molecule has 6 nitrogen and oxygen atoms in total. The Morgan fingerprint density at radius 3 is 2.76 bits per heavy atom. The van der Waals surface area contributed by atoms with E-state index < -0.39 is 11.9 Å². The van der Waals surface area contributed by atoms with Crippen LogP contribution in [0.15, 0.2) is 12.1 Å². The summed E-state index contributed by atoms with van der Waals surface area (Å²) in [6, 6.07) is 3.31. The number of methoxy groups -OCH3 is 1. The van der Waals surface area contributed by atoms with Gasteiger partial charge in [-0.2, -0.15) is 0 Å². The standard InChI is InChI=1S/C11H11NO5/c1-6-3-9-7(4-8(6)16-2)12(5-17-9)10(13)11(14)15/h3-4H,5H2,1-2H3,(H,14,15). The normalized spacial score (nSPS) is 12.9. The number of carboxylic acids is 1. The molecule has 2 rings (SSSR count). The predicted octanol–water partition coefficient (Wildman–Crippen LogP) is 0.771. The Morgan fingerprint density at radius 2 is 2.18 bits per heavy atom. The second kappa shape index (κ2) is 3.97. The van der Waals surface area contributed by atoms with Crippen LogP contribution in [-0.2, 0) is 9.59 Å². The van der Waals surface area contributed by atoms with E-state index in [4.69, 9.17) is 14.6 Å². The van der Waals surface area contributed by atoms with Gasteiger partial charge in [-0.3, -0.25) is 9.69 Å². The minimum atomic E-state index is -1.51. The maximum Gasteiger partial charge on any atom is 0.395 e. The summed E-state index contributed by atoms with van der Waals surface area (Å²) in [5.74, 6) is -1.47. The van der Waals surface area contributed by atoms with Gasteiger partial charge in [-0.05, 0) is 18.6 Å². The number of aliphatic carboxylic acids is 1. The van der Waals surface area contributed by atoms with Crippen LogP contribution in [0, 0.1) is 6.92 Å². The summed E-state index contributed by atoms with van der Waals surface area (Å²) in [6.45, 7) is 1.75. The van der Waals surface area contributed by atoms with Crippen LogP contribution in [0.3, 0.4) is 0 Å². The SMILES string of the molecule is COc1cc2c(cc1C)OCN2C(=O)C(=O)O. The summed E-state index contributed by atoms with van der Waals surface area (Å²) >= 11 is 0. The second-order valence-corrected chi connectivity index (χ2v) is 3.60. The van der Waals surface area contributed by atoms with Crippen molar-refractivity contribution < 1.29 is 24.2 Å². The predicted molar refractivity (Wildman–Crippen MR) is 58.3 cm³/mol. The lowest BCUT2D eigenvalue weighted by Gasteiger charge is -2.12. The van der Waals surface area contributed by atoms with Gasteiger partial charge >= 0.3 is 11.9 Å². The molecule has 90 valence electrons. The van der Waals surface area contributed by atoms with E-state index in [2.05, 4.69) is 0 Å². The highest BCUT2D eigenvalue weighted by atomic mass is 16.5. The maximum atomic E-state index is 11.4. The van der Waals surface area contributed by atoms with Gasteiger partial charge < -0.3 is 14.6 Å². The topological polar surface area (TPSA) is 76.1 Å². The molecule has 1 aliphatic rings. The largest absolute Gasteiger partial charge is 0.496 e. The quantitative estimate of drug-likeness (QED) is 0.730. The molecule has 0 fully saturated rings. The van der Waals surface area contributed by atoms with E-state index in [0.717, 1.165) is 10.5 Å². The minimum absolute atomic E-state index is 0.0902. The molecular weight excluding hydrogens is 226 g/mol. The number of anilines is 1. The van der Waals surface area contributed by atoms with Crippen LogP contribution in [0.2, 0.25) is 0 Å². The molecular formula is C11H11NO5. The molecule has 17 heavy (non-hydrogen) atoms. The molecule has 1 aliphatic heterocycles. The highest BCUT2D eigenvalue weighted by Gasteiger charge is 2.31. The van der Waals surface area contributed by atoms with Crippen molar-refractivity contribution in [2.24, 2.45) is 0 Å². The lowest BCUT2D eigenvalue weighted by atomic mass is 10.2. The molecule has 1 N–H and O–H groups in total. The second-order valence-electron chi connectivity index (χ2n) is 3.60. The molecule has 0 bridgehead atoms. The molecule has 0 saturated heterocycles. The van der Waals surface area contributed by atoms with Crippen molar-refractivity contribution in [2.75, 3.05) is 18.7 Å². The van der Waals surface area contributed by atoms with Crippen molar-refractivity contribution >= 4 is 17.6 Å². The Morgan fingerprint density at radius 1 is 1.47 bits per heavy atom. The van der Waals surface area contributed by atoms with Crippen molar-refractivity contribution in [3.05, 3.63) is 17.7 Å². The highest BCUT2D eigenvalue weighted by Crippen LogP contribution is 2.39. The number of rotatable bonds is 1. The lowest BCUT2D eigenvalue weighted by molar-refractivity contribution is -0.149. The van der Waals surface area contributed by atoms with Crippen LogP contribution in [0.4, 0.5) is 5.69 Å². The summed E-state index contributed by atoms with van der Waals surface area (Å²) in [6.07, 6.45) is 0. The number of amides is 1. The number of hydrogen-bond donors (Lipinski definition) is 1. The Hall–Kier alpha value is -2.24. The van der Waals surface area contributed by atoms with Gasteiger partial charge in [-0.25, -0.2) is 4.79 Å². The van der Waals surface area contributed by atoms with Gasteiger partial charge in [0.1, 0.15) is 11.5 Å². The van der Waals surface area contributed by atoms with Gasteiger partial charge in [0.05, 0.1) is 12.8 Å². The van der Waals surface area contributed by atoms with Gasteiger partial charge in [0.15, 0.2) is 6.73 Å². The van der Waals surface area contributed by atoms with Gasteiger partial charge in [0, 0.05) is 6.07 Å². The van der Waals surface area contributed by atoms with Gasteiger partial charge in [-0.15, -0.1) is 0 Å². The van der Waals surface area contributed by atoms with Crippen LogP contribution in [0.25, 0.3) is 0 Å². The van der Waals surface area contributed by atoms with Gasteiger partial charge in [-0.1, -0.05) is 0 Å². The van der Waals surface area contributed by atoms with Crippen LogP contribution >= 0.6 is 0 Å². The average Bonchev–Trinajstić information content (AvgIpc) is 2.69. The fraction of sp³-hybridized carbons (Fsp3) is 0.273. The van der Waals surface area contributed by atoms with E-state index in [1.807, 2.05) is 6.92 Å². The van der Waals surface area contributed by atoms with E-state index in [-0.39, 0.29) is 6.73 Å². The third kappa shape index (κ3) is 1.77. The molecule has 0 unspecified atom stereocenters. The van der Waals surface area contributed by atoms with Gasteiger partial charge in [0.25, 0.3) is 0 Å². The molecule has 0 spiro atoms. The number of carbonyl (C=O) groups excluding carboxylic acids is 1. The Labute approximate surface area is 97.4 Å². The van der Waals surface area contributed by atoms with E-state index in [1.54, 1.807) is 12.1 Å². The first-order valence-electron chi connectivity index (χ1n) is 4.91. The van der Waals surface area contributed by atoms with Crippen LogP contribution in [-0.4, -0.2) is 30.8 Å². The molecule has 0 aromatic heterocycles. The molecule has 1 aromatic rings. The first-order valence-corrected chi connectivity index (χ1v) is 4.91. The van der Waals surface area contributed by atoms with E-state index in [0.29, 0.717) is 17.2 Å². The fourth-order valence-electron chi connectivity index (χ4n) is 1.68. The smallest absolute Gasteiger partial charge is 0.395 e. The molecule has 6 heteroatoms. The maximum absolute atomic E-state index is 11.4. The zero-order valence-corrected chi connectivity index (χ0v) is 9.39. The van der Waals surface area contributed by atoms with Crippen molar-refractivity contribution in [3.63, 3.8) is 0 Å². The van der Waals surface area contributed by atoms with E-state index >= 15 is 0 Å². The molecule has 0 atom stereocenters. The van der Waals surface area contributed by atoms with Crippen molar-refractivity contribution in [1.29, 1.82) is 0 Å². The summed E-state index contributed by atoms with van der Waals surface area (Å²) in [5, 5.41) is 8.67. The monoisotopic (exact) mass is 237 g/mol. The van der Waals surface area contributed by atoms with Crippen molar-refractivity contribution in [2.45, 2.75) is 6.92 Å². The molecule has 0 aliphatic carbocycles.